The average molecular weight is 479 g/mol. The standard InChI is InChI=1S/C25H20BrFN2O2/c1-16-4-3-5-23(17(16)2)29-25(30)20(14-28)12-19-13-21(26)8-11-24(19)31-15-18-6-9-22(27)10-7-18/h3-13H,15H2,1-2H3,(H,29,30)/b20-12+. The maximum Gasteiger partial charge on any atom is 0.266 e. The Morgan fingerprint density at radius 2 is 1.90 bits per heavy atom. The van der Waals surface area contributed by atoms with Crippen molar-refractivity contribution in [3.8, 4) is 11.8 Å². The molecule has 0 atom stereocenters. The predicted octanol–water partition coefficient (Wildman–Crippen LogP) is 6.33. The van der Waals surface area contributed by atoms with E-state index in [1.807, 2.05) is 32.0 Å². The van der Waals surface area contributed by atoms with Crippen LogP contribution in [0, 0.1) is 31.0 Å². The van der Waals surface area contributed by atoms with Crippen LogP contribution in [0.15, 0.2) is 70.7 Å². The summed E-state index contributed by atoms with van der Waals surface area (Å²) < 4.78 is 19.7. The normalized spacial score (nSPS) is 11.0. The molecule has 0 spiro atoms. The fourth-order valence-corrected chi connectivity index (χ4v) is 3.26. The largest absolute Gasteiger partial charge is 0.488 e. The number of aryl methyl sites for hydroxylation is 1. The highest BCUT2D eigenvalue weighted by Crippen LogP contribution is 2.27. The number of carbonyl (C=O) groups is 1. The molecule has 1 N–H and O–H groups in total. The third-order valence-corrected chi connectivity index (χ3v) is 5.29. The summed E-state index contributed by atoms with van der Waals surface area (Å²) in [6.07, 6.45) is 1.49. The Kier molecular flexibility index (Phi) is 7.22. The van der Waals surface area contributed by atoms with Crippen LogP contribution in [-0.2, 0) is 11.4 Å². The molecule has 0 aliphatic rings. The lowest BCUT2D eigenvalue weighted by molar-refractivity contribution is -0.112. The molecule has 0 saturated carbocycles. The molecular weight excluding hydrogens is 459 g/mol. The Labute approximate surface area is 189 Å². The van der Waals surface area contributed by atoms with Crippen molar-refractivity contribution >= 4 is 33.6 Å². The SMILES string of the molecule is Cc1cccc(NC(=O)/C(C#N)=C/c2cc(Br)ccc2OCc2ccc(F)cc2)c1C. The third kappa shape index (κ3) is 5.80. The van der Waals surface area contributed by atoms with Crippen molar-refractivity contribution in [3.05, 3.63) is 98.8 Å². The van der Waals surface area contributed by atoms with E-state index >= 15 is 0 Å². The number of nitrogens with zero attached hydrogens (tertiary/aromatic N) is 1. The summed E-state index contributed by atoms with van der Waals surface area (Å²) >= 11 is 3.41. The third-order valence-electron chi connectivity index (χ3n) is 4.80. The number of rotatable bonds is 6. The molecule has 156 valence electrons. The Morgan fingerprint density at radius 3 is 2.61 bits per heavy atom. The molecule has 0 aliphatic heterocycles. The fraction of sp³-hybridized carbons (Fsp3) is 0.120. The van der Waals surface area contributed by atoms with Crippen LogP contribution in [0.1, 0.15) is 22.3 Å². The van der Waals surface area contributed by atoms with Gasteiger partial charge in [-0.15, -0.1) is 0 Å². The Balaban J connectivity index is 1.84. The molecular formula is C25H20BrFN2O2. The summed E-state index contributed by atoms with van der Waals surface area (Å²) in [5.41, 5.74) is 3.97. The van der Waals surface area contributed by atoms with Crippen LogP contribution in [0.5, 0.6) is 5.75 Å². The van der Waals surface area contributed by atoms with Crippen molar-refractivity contribution in [2.24, 2.45) is 0 Å². The van der Waals surface area contributed by atoms with Crippen molar-refractivity contribution in [3.63, 3.8) is 0 Å². The molecule has 0 bridgehead atoms. The number of benzene rings is 3. The first-order valence-corrected chi connectivity index (χ1v) is 10.3. The van der Waals surface area contributed by atoms with Crippen LogP contribution in [0.2, 0.25) is 0 Å². The molecule has 0 aromatic heterocycles. The number of nitriles is 1. The first-order valence-electron chi connectivity index (χ1n) is 9.53. The van der Waals surface area contributed by atoms with Crippen LogP contribution in [0.25, 0.3) is 6.08 Å². The number of amides is 1. The van der Waals surface area contributed by atoms with Crippen LogP contribution in [0.4, 0.5) is 10.1 Å². The quantitative estimate of drug-likeness (QED) is 0.332. The molecule has 0 heterocycles. The van der Waals surface area contributed by atoms with Gasteiger partial charge < -0.3 is 10.1 Å². The molecule has 0 radical (unpaired) electrons. The van der Waals surface area contributed by atoms with E-state index in [9.17, 15) is 14.4 Å². The van der Waals surface area contributed by atoms with Crippen molar-refractivity contribution in [2.45, 2.75) is 20.5 Å². The number of carbonyl (C=O) groups excluding carboxylic acids is 1. The van der Waals surface area contributed by atoms with Crippen molar-refractivity contribution in [1.82, 2.24) is 0 Å². The molecule has 0 aliphatic carbocycles. The van der Waals surface area contributed by atoms with Gasteiger partial charge in [0.1, 0.15) is 29.8 Å². The van der Waals surface area contributed by atoms with Gasteiger partial charge in [-0.2, -0.15) is 5.26 Å². The molecule has 0 fully saturated rings. The van der Waals surface area contributed by atoms with E-state index in [0.29, 0.717) is 17.0 Å². The second kappa shape index (κ2) is 10.1. The van der Waals surface area contributed by atoms with E-state index in [1.165, 1.54) is 18.2 Å². The smallest absolute Gasteiger partial charge is 0.266 e. The monoisotopic (exact) mass is 478 g/mol. The number of halogens is 2. The van der Waals surface area contributed by atoms with Crippen molar-refractivity contribution in [2.75, 3.05) is 5.32 Å². The molecule has 1 amide bonds. The summed E-state index contributed by atoms with van der Waals surface area (Å²) in [5, 5.41) is 12.4. The Bertz CT molecular complexity index is 1180. The van der Waals surface area contributed by atoms with Gasteiger partial charge in [-0.1, -0.05) is 40.2 Å². The van der Waals surface area contributed by atoms with E-state index in [4.69, 9.17) is 4.74 Å². The Morgan fingerprint density at radius 1 is 1.16 bits per heavy atom. The van der Waals surface area contributed by atoms with Gasteiger partial charge in [-0.05, 0) is 73.0 Å². The van der Waals surface area contributed by atoms with Crippen LogP contribution in [-0.4, -0.2) is 5.91 Å². The van der Waals surface area contributed by atoms with E-state index in [0.717, 1.165) is 21.2 Å². The van der Waals surface area contributed by atoms with Gasteiger partial charge in [0.25, 0.3) is 5.91 Å². The zero-order valence-electron chi connectivity index (χ0n) is 17.1. The number of hydrogen-bond donors (Lipinski definition) is 1. The van der Waals surface area contributed by atoms with E-state index < -0.39 is 5.91 Å². The molecule has 3 rings (SSSR count). The van der Waals surface area contributed by atoms with Gasteiger partial charge >= 0.3 is 0 Å². The van der Waals surface area contributed by atoms with Gasteiger partial charge in [0.2, 0.25) is 0 Å². The predicted molar refractivity (Wildman–Crippen MR) is 123 cm³/mol. The summed E-state index contributed by atoms with van der Waals surface area (Å²) in [6, 6.07) is 18.9. The number of nitrogens with one attached hydrogen (secondary N) is 1. The van der Waals surface area contributed by atoms with Gasteiger partial charge in [0, 0.05) is 15.7 Å². The maximum atomic E-state index is 13.1. The van der Waals surface area contributed by atoms with Crippen LogP contribution < -0.4 is 10.1 Å². The highest BCUT2D eigenvalue weighted by Gasteiger charge is 2.13. The zero-order chi connectivity index (χ0) is 22.4. The van der Waals surface area contributed by atoms with Gasteiger partial charge in [0.05, 0.1) is 0 Å². The summed E-state index contributed by atoms with van der Waals surface area (Å²) in [5.74, 6) is -0.315. The van der Waals surface area contributed by atoms with Crippen molar-refractivity contribution in [1.29, 1.82) is 5.26 Å². The molecule has 4 nitrogen and oxygen atoms in total. The zero-order valence-corrected chi connectivity index (χ0v) is 18.7. The van der Waals surface area contributed by atoms with Gasteiger partial charge in [-0.25, -0.2) is 4.39 Å². The second-order valence-electron chi connectivity index (χ2n) is 6.97. The van der Waals surface area contributed by atoms with Gasteiger partial charge in [-0.3, -0.25) is 4.79 Å². The van der Waals surface area contributed by atoms with Crippen molar-refractivity contribution < 1.29 is 13.9 Å². The molecule has 3 aromatic carbocycles. The highest BCUT2D eigenvalue weighted by atomic mass is 79.9. The molecule has 0 saturated heterocycles. The molecule has 0 unspecified atom stereocenters. The lowest BCUT2D eigenvalue weighted by Gasteiger charge is -2.12. The first-order chi connectivity index (χ1) is 14.9. The molecule has 31 heavy (non-hydrogen) atoms. The number of anilines is 1. The van der Waals surface area contributed by atoms with E-state index in [2.05, 4.69) is 21.2 Å². The van der Waals surface area contributed by atoms with Gasteiger partial charge in [0.15, 0.2) is 0 Å². The highest BCUT2D eigenvalue weighted by molar-refractivity contribution is 9.10. The maximum absolute atomic E-state index is 13.1. The lowest BCUT2D eigenvalue weighted by atomic mass is 10.1. The minimum Gasteiger partial charge on any atom is -0.488 e. The summed E-state index contributed by atoms with van der Waals surface area (Å²) in [6.45, 7) is 4.09. The fourth-order valence-electron chi connectivity index (χ4n) is 2.89. The Hall–Kier alpha value is -3.43. The summed E-state index contributed by atoms with van der Waals surface area (Å²) in [7, 11) is 0. The van der Waals surface area contributed by atoms with Crippen LogP contribution in [0.3, 0.4) is 0 Å². The summed E-state index contributed by atoms with van der Waals surface area (Å²) in [4.78, 5) is 12.7. The minimum absolute atomic E-state index is 0.0503. The average Bonchev–Trinajstić information content (AvgIpc) is 2.75. The number of ether oxygens (including phenoxy) is 1. The minimum atomic E-state index is -0.499. The second-order valence-corrected chi connectivity index (χ2v) is 7.88. The van der Waals surface area contributed by atoms with Crippen LogP contribution >= 0.6 is 15.9 Å². The number of hydrogen-bond acceptors (Lipinski definition) is 3. The molecule has 6 heteroatoms. The van der Waals surface area contributed by atoms with E-state index in [-0.39, 0.29) is 18.0 Å². The molecule has 3 aromatic rings. The topological polar surface area (TPSA) is 62.1 Å². The lowest BCUT2D eigenvalue weighted by Crippen LogP contribution is -2.14. The van der Waals surface area contributed by atoms with E-state index in [1.54, 1.807) is 36.4 Å². The first kappa shape index (κ1) is 22.3.